The summed E-state index contributed by atoms with van der Waals surface area (Å²) in [7, 11) is 0. The molecule has 1 amide bonds. The van der Waals surface area contributed by atoms with E-state index in [2.05, 4.69) is 5.32 Å². The van der Waals surface area contributed by atoms with Gasteiger partial charge in [0.1, 0.15) is 6.54 Å². The van der Waals surface area contributed by atoms with Crippen LogP contribution >= 0.6 is 11.6 Å². The molecule has 0 spiro atoms. The number of amides is 1. The van der Waals surface area contributed by atoms with Gasteiger partial charge in [-0.3, -0.25) is 13.9 Å². The third kappa shape index (κ3) is 3.46. The first-order valence-corrected chi connectivity index (χ1v) is 6.88. The highest BCUT2D eigenvalue weighted by Gasteiger charge is 2.11. The number of benzene rings is 1. The molecule has 0 unspecified atom stereocenters. The molecule has 0 radical (unpaired) electrons. The van der Waals surface area contributed by atoms with E-state index in [0.717, 1.165) is 0 Å². The second-order valence-electron chi connectivity index (χ2n) is 4.99. The standard InChI is InChI=1S/C14H17ClN4O2/c1-9(2)19-6-5-18(14(19)21)8-13(20)17-12-4-3-10(15)7-11(12)16/h3-7,9H,8,16H2,1-2H3,(H,17,20). The summed E-state index contributed by atoms with van der Waals surface area (Å²) in [4.78, 5) is 24.0. The number of anilines is 2. The molecule has 21 heavy (non-hydrogen) atoms. The van der Waals surface area contributed by atoms with Gasteiger partial charge in [0.2, 0.25) is 5.91 Å². The van der Waals surface area contributed by atoms with E-state index < -0.39 is 0 Å². The van der Waals surface area contributed by atoms with Gasteiger partial charge in [0.15, 0.2) is 0 Å². The van der Waals surface area contributed by atoms with Gasteiger partial charge in [-0.25, -0.2) is 4.79 Å². The van der Waals surface area contributed by atoms with E-state index >= 15 is 0 Å². The zero-order chi connectivity index (χ0) is 15.6. The first kappa shape index (κ1) is 15.2. The second-order valence-corrected chi connectivity index (χ2v) is 5.43. The molecule has 1 heterocycles. The van der Waals surface area contributed by atoms with Crippen molar-refractivity contribution in [2.75, 3.05) is 11.1 Å². The van der Waals surface area contributed by atoms with Crippen molar-refractivity contribution in [1.29, 1.82) is 0 Å². The van der Waals surface area contributed by atoms with Crippen molar-refractivity contribution in [3.05, 3.63) is 46.1 Å². The fraction of sp³-hybridized carbons (Fsp3) is 0.286. The van der Waals surface area contributed by atoms with E-state index in [-0.39, 0.29) is 24.2 Å². The van der Waals surface area contributed by atoms with Crippen molar-refractivity contribution >= 4 is 28.9 Å². The number of carbonyl (C=O) groups excluding carboxylic acids is 1. The Balaban J connectivity index is 2.10. The van der Waals surface area contributed by atoms with Gasteiger partial charge in [0.25, 0.3) is 0 Å². The molecule has 112 valence electrons. The minimum Gasteiger partial charge on any atom is -0.397 e. The number of carbonyl (C=O) groups is 1. The van der Waals surface area contributed by atoms with Crippen molar-refractivity contribution in [1.82, 2.24) is 9.13 Å². The summed E-state index contributed by atoms with van der Waals surface area (Å²) in [6.07, 6.45) is 3.25. The van der Waals surface area contributed by atoms with E-state index in [1.54, 1.807) is 35.2 Å². The first-order valence-electron chi connectivity index (χ1n) is 6.50. The fourth-order valence-corrected chi connectivity index (χ4v) is 2.11. The molecule has 0 fully saturated rings. The van der Waals surface area contributed by atoms with Gasteiger partial charge in [-0.1, -0.05) is 11.6 Å². The van der Waals surface area contributed by atoms with Gasteiger partial charge >= 0.3 is 5.69 Å². The Kier molecular flexibility index (Phi) is 4.37. The Morgan fingerprint density at radius 1 is 1.38 bits per heavy atom. The molecule has 1 aromatic carbocycles. The Morgan fingerprint density at radius 2 is 2.10 bits per heavy atom. The monoisotopic (exact) mass is 308 g/mol. The summed E-state index contributed by atoms with van der Waals surface area (Å²) < 4.78 is 2.91. The van der Waals surface area contributed by atoms with Crippen LogP contribution in [0.25, 0.3) is 0 Å². The van der Waals surface area contributed by atoms with Crippen LogP contribution in [0.3, 0.4) is 0 Å². The summed E-state index contributed by atoms with van der Waals surface area (Å²) >= 11 is 5.80. The average Bonchev–Trinajstić information content (AvgIpc) is 2.74. The average molecular weight is 309 g/mol. The number of rotatable bonds is 4. The summed E-state index contributed by atoms with van der Waals surface area (Å²) in [6.45, 7) is 3.74. The molecular formula is C14H17ClN4O2. The SMILES string of the molecule is CC(C)n1ccn(CC(=O)Nc2ccc(Cl)cc2N)c1=O. The molecule has 0 aliphatic heterocycles. The molecule has 3 N–H and O–H groups in total. The van der Waals surface area contributed by atoms with Crippen LogP contribution in [0, 0.1) is 0 Å². The zero-order valence-electron chi connectivity index (χ0n) is 11.8. The highest BCUT2D eigenvalue weighted by Crippen LogP contribution is 2.22. The Labute approximate surface area is 127 Å². The Bertz CT molecular complexity index is 718. The zero-order valence-corrected chi connectivity index (χ0v) is 12.6. The second kappa shape index (κ2) is 6.05. The molecule has 7 heteroatoms. The van der Waals surface area contributed by atoms with Crippen LogP contribution in [0.15, 0.2) is 35.4 Å². The van der Waals surface area contributed by atoms with Gasteiger partial charge in [-0.05, 0) is 32.0 Å². The van der Waals surface area contributed by atoms with Crippen molar-refractivity contribution in [3.8, 4) is 0 Å². The molecule has 1 aromatic heterocycles. The largest absolute Gasteiger partial charge is 0.397 e. The van der Waals surface area contributed by atoms with E-state index in [4.69, 9.17) is 17.3 Å². The highest BCUT2D eigenvalue weighted by molar-refractivity contribution is 6.31. The summed E-state index contributed by atoms with van der Waals surface area (Å²) in [5, 5.41) is 3.16. The van der Waals surface area contributed by atoms with Gasteiger partial charge in [0, 0.05) is 23.5 Å². The predicted octanol–water partition coefficient (Wildman–Crippen LogP) is 2.10. The van der Waals surface area contributed by atoms with Gasteiger partial charge in [-0.2, -0.15) is 0 Å². The lowest BCUT2D eigenvalue weighted by molar-refractivity contribution is -0.116. The number of halogens is 1. The van der Waals surface area contributed by atoms with Crippen LogP contribution in [-0.4, -0.2) is 15.0 Å². The van der Waals surface area contributed by atoms with E-state index in [1.807, 2.05) is 13.8 Å². The summed E-state index contributed by atoms with van der Waals surface area (Å²) in [6, 6.07) is 4.86. The van der Waals surface area contributed by atoms with Crippen molar-refractivity contribution in [2.24, 2.45) is 0 Å². The van der Waals surface area contributed by atoms with Crippen LogP contribution in [0.1, 0.15) is 19.9 Å². The van der Waals surface area contributed by atoms with Crippen LogP contribution in [0.2, 0.25) is 5.02 Å². The summed E-state index contributed by atoms with van der Waals surface area (Å²) in [5.74, 6) is -0.326. The molecule has 2 rings (SSSR count). The van der Waals surface area contributed by atoms with Crippen molar-refractivity contribution in [3.63, 3.8) is 0 Å². The number of hydrogen-bond acceptors (Lipinski definition) is 3. The number of nitrogens with two attached hydrogens (primary N) is 1. The normalized spacial score (nSPS) is 10.9. The van der Waals surface area contributed by atoms with Crippen LogP contribution < -0.4 is 16.7 Å². The molecule has 0 saturated heterocycles. The molecule has 0 saturated carbocycles. The van der Waals surface area contributed by atoms with Crippen LogP contribution in [-0.2, 0) is 11.3 Å². The third-order valence-corrected chi connectivity index (χ3v) is 3.27. The number of imidazole rings is 1. The number of hydrogen-bond donors (Lipinski definition) is 2. The lowest BCUT2D eigenvalue weighted by Crippen LogP contribution is -2.29. The van der Waals surface area contributed by atoms with Gasteiger partial charge < -0.3 is 11.1 Å². The third-order valence-electron chi connectivity index (χ3n) is 3.03. The quantitative estimate of drug-likeness (QED) is 0.849. The Morgan fingerprint density at radius 3 is 2.67 bits per heavy atom. The van der Waals surface area contributed by atoms with Crippen LogP contribution in [0.5, 0.6) is 0 Å². The maximum Gasteiger partial charge on any atom is 0.328 e. The lowest BCUT2D eigenvalue weighted by Gasteiger charge is -2.09. The van der Waals surface area contributed by atoms with Gasteiger partial charge in [-0.15, -0.1) is 0 Å². The Hall–Kier alpha value is -2.21. The smallest absolute Gasteiger partial charge is 0.328 e. The molecule has 6 nitrogen and oxygen atoms in total. The highest BCUT2D eigenvalue weighted by atomic mass is 35.5. The van der Waals surface area contributed by atoms with Crippen molar-refractivity contribution < 1.29 is 4.79 Å². The molecule has 0 atom stereocenters. The first-order chi connectivity index (χ1) is 9.88. The molecule has 0 aliphatic carbocycles. The molecule has 0 aliphatic rings. The topological polar surface area (TPSA) is 82.1 Å². The molecule has 2 aromatic rings. The number of nitrogen functional groups attached to an aromatic ring is 1. The van der Waals surface area contributed by atoms with E-state index in [1.165, 1.54) is 4.57 Å². The maximum absolute atomic E-state index is 12.0. The molecule has 0 bridgehead atoms. The molecular weight excluding hydrogens is 292 g/mol. The van der Waals surface area contributed by atoms with E-state index in [9.17, 15) is 9.59 Å². The van der Waals surface area contributed by atoms with Gasteiger partial charge in [0.05, 0.1) is 11.4 Å². The lowest BCUT2D eigenvalue weighted by atomic mass is 10.2. The maximum atomic E-state index is 12.0. The minimum absolute atomic E-state index is 0.0497. The van der Waals surface area contributed by atoms with E-state index in [0.29, 0.717) is 16.4 Å². The summed E-state index contributed by atoms with van der Waals surface area (Å²) in [5.41, 5.74) is 6.40. The number of nitrogens with zero attached hydrogens (tertiary/aromatic N) is 2. The number of nitrogens with one attached hydrogen (secondary N) is 1. The fourth-order valence-electron chi connectivity index (χ4n) is 1.93. The number of aromatic nitrogens is 2. The predicted molar refractivity (Wildman–Crippen MR) is 83.6 cm³/mol. The van der Waals surface area contributed by atoms with Crippen LogP contribution in [0.4, 0.5) is 11.4 Å². The van der Waals surface area contributed by atoms with Crippen molar-refractivity contribution in [2.45, 2.75) is 26.4 Å². The minimum atomic E-state index is -0.326.